The van der Waals surface area contributed by atoms with Crippen molar-refractivity contribution in [3.8, 4) is 0 Å². The van der Waals surface area contributed by atoms with Crippen LogP contribution >= 0.6 is 11.8 Å². The van der Waals surface area contributed by atoms with Gasteiger partial charge in [-0.05, 0) is 32.4 Å². The molecule has 0 aromatic carbocycles. The first-order chi connectivity index (χ1) is 13.0. The van der Waals surface area contributed by atoms with Gasteiger partial charge in [-0.1, -0.05) is 0 Å². The number of likely N-dealkylation sites (tertiary alicyclic amines) is 1. The van der Waals surface area contributed by atoms with Crippen LogP contribution in [0.5, 0.6) is 0 Å². The number of carbonyl (C=O) groups is 2. The van der Waals surface area contributed by atoms with Crippen molar-refractivity contribution in [1.29, 1.82) is 0 Å². The average Bonchev–Trinajstić information content (AvgIpc) is 2.98. The summed E-state index contributed by atoms with van der Waals surface area (Å²) in [4.78, 5) is 29.4. The molecule has 2 saturated heterocycles. The van der Waals surface area contributed by atoms with Crippen molar-refractivity contribution in [3.63, 3.8) is 0 Å². The molecule has 2 atom stereocenters. The lowest BCUT2D eigenvalue weighted by Gasteiger charge is -2.30. The molecule has 0 saturated carbocycles. The summed E-state index contributed by atoms with van der Waals surface area (Å²) in [5.74, 6) is 2.51. The predicted molar refractivity (Wildman–Crippen MR) is 108 cm³/mol. The molecule has 3 heterocycles. The van der Waals surface area contributed by atoms with Crippen LogP contribution < -0.4 is 5.32 Å². The molecular weight excluding hydrogens is 362 g/mol. The molecule has 2 aliphatic rings. The maximum absolute atomic E-state index is 12.8. The predicted octanol–water partition coefficient (Wildman–Crippen LogP) is 0.755. The SMILES string of the molecule is CN1C[C@@H](NC(=O)CCc2ccnn2C)CC[C@@H](C(=O)N2CCSCC2)C1. The van der Waals surface area contributed by atoms with Crippen molar-refractivity contribution in [2.75, 3.05) is 44.7 Å². The zero-order valence-corrected chi connectivity index (χ0v) is 17.2. The van der Waals surface area contributed by atoms with Crippen molar-refractivity contribution >= 4 is 23.6 Å². The summed E-state index contributed by atoms with van der Waals surface area (Å²) < 4.78 is 1.81. The number of thioether (sulfide) groups is 1. The number of nitrogens with one attached hydrogen (secondary N) is 1. The molecule has 0 bridgehead atoms. The van der Waals surface area contributed by atoms with Crippen molar-refractivity contribution in [2.45, 2.75) is 31.7 Å². The molecule has 0 radical (unpaired) electrons. The van der Waals surface area contributed by atoms with Crippen LogP contribution in [0.25, 0.3) is 0 Å². The molecular formula is C19H31N5O2S. The second kappa shape index (κ2) is 9.59. The van der Waals surface area contributed by atoms with Gasteiger partial charge < -0.3 is 15.1 Å². The molecule has 2 amide bonds. The van der Waals surface area contributed by atoms with Gasteiger partial charge in [0.25, 0.3) is 0 Å². The Balaban J connectivity index is 1.47. The van der Waals surface area contributed by atoms with Gasteiger partial charge in [0.1, 0.15) is 0 Å². The van der Waals surface area contributed by atoms with Crippen molar-refractivity contribution in [2.24, 2.45) is 13.0 Å². The van der Waals surface area contributed by atoms with Crippen LogP contribution in [0.2, 0.25) is 0 Å². The third-order valence-corrected chi connectivity index (χ3v) is 6.44. The van der Waals surface area contributed by atoms with Gasteiger partial charge in [0.05, 0.1) is 5.92 Å². The summed E-state index contributed by atoms with van der Waals surface area (Å²) in [6.07, 6.45) is 4.62. The quantitative estimate of drug-likeness (QED) is 0.800. The summed E-state index contributed by atoms with van der Waals surface area (Å²) in [5.41, 5.74) is 1.06. The molecule has 1 aromatic heterocycles. The fourth-order valence-electron chi connectivity index (χ4n) is 3.96. The molecule has 1 aromatic rings. The maximum atomic E-state index is 12.8. The minimum Gasteiger partial charge on any atom is -0.352 e. The third kappa shape index (κ3) is 5.72. The minimum absolute atomic E-state index is 0.0504. The fourth-order valence-corrected chi connectivity index (χ4v) is 4.86. The smallest absolute Gasteiger partial charge is 0.227 e. The van der Waals surface area contributed by atoms with E-state index in [0.717, 1.165) is 56.2 Å². The lowest BCUT2D eigenvalue weighted by atomic mass is 10.00. The standard InChI is InChI=1S/C19H31N5O2S/c1-22-13-15(19(26)24-9-11-27-12-10-24)3-4-16(14-22)21-18(25)6-5-17-7-8-20-23(17)2/h7-8,15-16H,3-6,9-14H2,1-2H3,(H,21,25)/t15-,16+/m1/s1. The molecule has 27 heavy (non-hydrogen) atoms. The first-order valence-electron chi connectivity index (χ1n) is 9.84. The molecule has 2 aliphatic heterocycles. The number of carbonyl (C=O) groups excluding carboxylic acids is 2. The van der Waals surface area contributed by atoms with Crippen LogP contribution in [0, 0.1) is 5.92 Å². The van der Waals surface area contributed by atoms with E-state index in [-0.39, 0.29) is 17.9 Å². The van der Waals surface area contributed by atoms with Gasteiger partial charge in [0.2, 0.25) is 11.8 Å². The number of hydrogen-bond acceptors (Lipinski definition) is 5. The number of amides is 2. The van der Waals surface area contributed by atoms with E-state index in [1.807, 2.05) is 41.5 Å². The van der Waals surface area contributed by atoms with Crippen LogP contribution in [-0.4, -0.2) is 82.2 Å². The van der Waals surface area contributed by atoms with E-state index in [9.17, 15) is 9.59 Å². The molecule has 0 spiro atoms. The largest absolute Gasteiger partial charge is 0.352 e. The highest BCUT2D eigenvalue weighted by Gasteiger charge is 2.30. The Morgan fingerprint density at radius 3 is 2.70 bits per heavy atom. The van der Waals surface area contributed by atoms with Crippen LogP contribution in [0.3, 0.4) is 0 Å². The topological polar surface area (TPSA) is 70.5 Å². The zero-order valence-electron chi connectivity index (χ0n) is 16.4. The number of aryl methyl sites for hydroxylation is 2. The van der Waals surface area contributed by atoms with Gasteiger partial charge in [0.15, 0.2) is 0 Å². The lowest BCUT2D eigenvalue weighted by Crippen LogP contribution is -2.44. The Kier molecular flexibility index (Phi) is 7.18. The average molecular weight is 394 g/mol. The van der Waals surface area contributed by atoms with Crippen molar-refractivity contribution in [3.05, 3.63) is 18.0 Å². The molecule has 2 fully saturated rings. The summed E-state index contributed by atoms with van der Waals surface area (Å²) >= 11 is 1.92. The molecule has 7 nitrogen and oxygen atoms in total. The van der Waals surface area contributed by atoms with Gasteiger partial charge in [-0.2, -0.15) is 16.9 Å². The number of nitrogens with zero attached hydrogens (tertiary/aromatic N) is 4. The van der Waals surface area contributed by atoms with E-state index in [2.05, 4.69) is 15.3 Å². The van der Waals surface area contributed by atoms with Crippen LogP contribution in [0.1, 0.15) is 25.0 Å². The number of rotatable bonds is 5. The summed E-state index contributed by atoms with van der Waals surface area (Å²) in [6, 6.07) is 2.06. The first kappa shape index (κ1) is 20.2. The molecule has 8 heteroatoms. The maximum Gasteiger partial charge on any atom is 0.227 e. The minimum atomic E-state index is 0.0504. The highest BCUT2D eigenvalue weighted by atomic mass is 32.2. The van der Waals surface area contributed by atoms with E-state index in [1.54, 1.807) is 6.20 Å². The van der Waals surface area contributed by atoms with Crippen LogP contribution in [0.4, 0.5) is 0 Å². The van der Waals surface area contributed by atoms with E-state index < -0.39 is 0 Å². The number of likely N-dealkylation sites (N-methyl/N-ethyl adjacent to an activating group) is 1. The van der Waals surface area contributed by atoms with Crippen molar-refractivity contribution in [1.82, 2.24) is 24.9 Å². The number of aromatic nitrogens is 2. The van der Waals surface area contributed by atoms with Gasteiger partial charge in [-0.3, -0.25) is 14.3 Å². The summed E-state index contributed by atoms with van der Waals surface area (Å²) in [7, 11) is 3.94. The van der Waals surface area contributed by atoms with Gasteiger partial charge in [-0.25, -0.2) is 0 Å². The molecule has 3 rings (SSSR count). The van der Waals surface area contributed by atoms with Crippen LogP contribution in [-0.2, 0) is 23.1 Å². The van der Waals surface area contributed by atoms with Gasteiger partial charge in [-0.15, -0.1) is 0 Å². The summed E-state index contributed by atoms with van der Waals surface area (Å²) in [6.45, 7) is 3.33. The second-order valence-corrected chi connectivity index (χ2v) is 8.87. The van der Waals surface area contributed by atoms with Crippen molar-refractivity contribution < 1.29 is 9.59 Å². The molecule has 0 unspecified atom stereocenters. The first-order valence-corrected chi connectivity index (χ1v) is 11.0. The van der Waals surface area contributed by atoms with Gasteiger partial charge in [0, 0.05) is 69.1 Å². The normalized spacial score (nSPS) is 24.4. The lowest BCUT2D eigenvalue weighted by molar-refractivity contribution is -0.135. The monoisotopic (exact) mass is 393 g/mol. The van der Waals surface area contributed by atoms with E-state index in [1.165, 1.54) is 0 Å². The fraction of sp³-hybridized carbons (Fsp3) is 0.737. The van der Waals surface area contributed by atoms with Crippen LogP contribution in [0.15, 0.2) is 12.3 Å². The molecule has 0 aliphatic carbocycles. The Labute approximate surface area is 165 Å². The Morgan fingerprint density at radius 1 is 1.22 bits per heavy atom. The Bertz CT molecular complexity index is 644. The highest BCUT2D eigenvalue weighted by Crippen LogP contribution is 2.20. The van der Waals surface area contributed by atoms with E-state index in [0.29, 0.717) is 18.7 Å². The molecule has 150 valence electrons. The third-order valence-electron chi connectivity index (χ3n) is 5.50. The number of hydrogen-bond donors (Lipinski definition) is 1. The van der Waals surface area contributed by atoms with Gasteiger partial charge >= 0.3 is 0 Å². The Hall–Kier alpha value is -1.54. The summed E-state index contributed by atoms with van der Waals surface area (Å²) in [5, 5.41) is 7.31. The Morgan fingerprint density at radius 2 is 2.00 bits per heavy atom. The zero-order chi connectivity index (χ0) is 19.2. The molecule has 1 N–H and O–H groups in total. The highest BCUT2D eigenvalue weighted by molar-refractivity contribution is 7.99. The van der Waals surface area contributed by atoms with E-state index >= 15 is 0 Å². The van der Waals surface area contributed by atoms with E-state index in [4.69, 9.17) is 0 Å². The second-order valence-electron chi connectivity index (χ2n) is 7.64.